The monoisotopic (exact) mass is 418 g/mol. The molecule has 1 aromatic rings. The molecule has 1 heterocycles. The molecular weight excluding hydrogens is 384 g/mol. The summed E-state index contributed by atoms with van der Waals surface area (Å²) < 4.78 is 15.8. The van der Waals surface area contributed by atoms with Gasteiger partial charge in [-0.25, -0.2) is 4.79 Å². The Labute approximate surface area is 179 Å². The molecule has 2 N–H and O–H groups in total. The molecule has 0 aliphatic carbocycles. The van der Waals surface area contributed by atoms with Crippen LogP contribution in [0, 0.1) is 0 Å². The van der Waals surface area contributed by atoms with Crippen LogP contribution in [0.3, 0.4) is 0 Å². The first-order valence-electron chi connectivity index (χ1n) is 10.6. The highest BCUT2D eigenvalue weighted by Crippen LogP contribution is 2.35. The van der Waals surface area contributed by atoms with Gasteiger partial charge in [-0.1, -0.05) is 43.3 Å². The molecule has 166 valence electrons. The van der Waals surface area contributed by atoms with Gasteiger partial charge < -0.3 is 24.8 Å². The number of benzene rings is 1. The van der Waals surface area contributed by atoms with Crippen LogP contribution in [0.15, 0.2) is 42.7 Å². The first kappa shape index (κ1) is 23.7. The molecule has 2 rings (SSSR count). The summed E-state index contributed by atoms with van der Waals surface area (Å²) in [7, 11) is 1.59. The number of ether oxygens (including phenoxy) is 3. The second-order valence-corrected chi connectivity index (χ2v) is 7.46. The molecule has 2 atom stereocenters. The standard InChI is InChI=1S/C23H34N2O5/c1-18(28-2)22(19-11-5-3-6-12-19)20-13-8-10-16-25(20)23(27)30-17-29-21(26)14-7-4-9-15-24/h3,5-6,11-12,20,22H,1,4,7-10,13-17,24H2,2H3. The van der Waals surface area contributed by atoms with E-state index >= 15 is 0 Å². The summed E-state index contributed by atoms with van der Waals surface area (Å²) in [6.07, 6.45) is 5.02. The van der Waals surface area contributed by atoms with Crippen molar-refractivity contribution >= 4 is 12.1 Å². The Morgan fingerprint density at radius 2 is 1.93 bits per heavy atom. The van der Waals surface area contributed by atoms with Gasteiger partial charge in [-0.05, 0) is 44.2 Å². The second kappa shape index (κ2) is 12.9. The maximum absolute atomic E-state index is 12.8. The van der Waals surface area contributed by atoms with Gasteiger partial charge in [0.1, 0.15) is 0 Å². The number of nitrogens with zero attached hydrogens (tertiary/aromatic N) is 1. The number of carbonyl (C=O) groups excluding carboxylic acids is 2. The van der Waals surface area contributed by atoms with E-state index in [-0.39, 0.29) is 24.7 Å². The smallest absolute Gasteiger partial charge is 0.412 e. The van der Waals surface area contributed by atoms with Crippen molar-refractivity contribution in [1.82, 2.24) is 4.90 Å². The van der Waals surface area contributed by atoms with E-state index in [0.29, 0.717) is 25.3 Å². The number of hydrogen-bond donors (Lipinski definition) is 1. The molecule has 1 aliphatic heterocycles. The van der Waals surface area contributed by atoms with Crippen molar-refractivity contribution < 1.29 is 23.8 Å². The highest BCUT2D eigenvalue weighted by molar-refractivity contribution is 5.70. The molecule has 30 heavy (non-hydrogen) atoms. The number of methoxy groups -OCH3 is 1. The van der Waals surface area contributed by atoms with E-state index in [9.17, 15) is 9.59 Å². The first-order valence-corrected chi connectivity index (χ1v) is 10.6. The molecule has 0 saturated carbocycles. The van der Waals surface area contributed by atoms with E-state index in [2.05, 4.69) is 6.58 Å². The third kappa shape index (κ3) is 7.06. The van der Waals surface area contributed by atoms with E-state index in [1.165, 1.54) is 0 Å². The minimum Gasteiger partial charge on any atom is -0.501 e. The maximum atomic E-state index is 12.8. The summed E-state index contributed by atoms with van der Waals surface area (Å²) in [5.41, 5.74) is 6.47. The number of amides is 1. The third-order valence-electron chi connectivity index (χ3n) is 5.42. The van der Waals surface area contributed by atoms with E-state index in [4.69, 9.17) is 19.9 Å². The molecule has 7 heteroatoms. The molecule has 1 aromatic carbocycles. The average Bonchev–Trinajstić information content (AvgIpc) is 2.77. The number of likely N-dealkylation sites (tertiary alicyclic amines) is 1. The maximum Gasteiger partial charge on any atom is 0.412 e. The van der Waals surface area contributed by atoms with Crippen molar-refractivity contribution in [1.29, 1.82) is 0 Å². The van der Waals surface area contributed by atoms with E-state index < -0.39 is 6.09 Å². The summed E-state index contributed by atoms with van der Waals surface area (Å²) in [5.74, 6) is 0.0777. The van der Waals surface area contributed by atoms with Crippen molar-refractivity contribution in [2.75, 3.05) is 27.0 Å². The molecule has 0 aromatic heterocycles. The molecule has 1 amide bonds. The van der Waals surface area contributed by atoms with Gasteiger partial charge in [0.15, 0.2) is 0 Å². The van der Waals surface area contributed by atoms with E-state index in [1.54, 1.807) is 12.0 Å². The van der Waals surface area contributed by atoms with E-state index in [0.717, 1.165) is 44.1 Å². The zero-order valence-corrected chi connectivity index (χ0v) is 17.9. The number of carbonyl (C=O) groups is 2. The van der Waals surface area contributed by atoms with Gasteiger partial charge in [-0.3, -0.25) is 4.79 Å². The fraction of sp³-hybridized carbons (Fsp3) is 0.565. The number of nitrogens with two attached hydrogens (primary N) is 1. The highest BCUT2D eigenvalue weighted by atomic mass is 16.7. The first-order chi connectivity index (χ1) is 14.6. The van der Waals surface area contributed by atoms with Crippen LogP contribution in [0.2, 0.25) is 0 Å². The van der Waals surface area contributed by atoms with Gasteiger partial charge in [0.2, 0.25) is 6.79 Å². The van der Waals surface area contributed by atoms with Gasteiger partial charge in [-0.2, -0.15) is 0 Å². The lowest BCUT2D eigenvalue weighted by Gasteiger charge is -2.40. The zero-order valence-electron chi connectivity index (χ0n) is 17.9. The van der Waals surface area contributed by atoms with Crippen LogP contribution in [-0.2, 0) is 19.0 Å². The van der Waals surface area contributed by atoms with Crippen LogP contribution in [0.25, 0.3) is 0 Å². The van der Waals surface area contributed by atoms with Gasteiger partial charge in [-0.15, -0.1) is 0 Å². The SMILES string of the molecule is C=C(OC)C(c1ccccc1)C1CCCCN1C(=O)OCOC(=O)CCCCCN. The van der Waals surface area contributed by atoms with Crippen LogP contribution < -0.4 is 5.73 Å². The Morgan fingerprint density at radius 1 is 1.17 bits per heavy atom. The summed E-state index contributed by atoms with van der Waals surface area (Å²) in [6, 6.07) is 9.77. The zero-order chi connectivity index (χ0) is 21.8. The van der Waals surface area contributed by atoms with Crippen molar-refractivity contribution in [2.45, 2.75) is 56.9 Å². The third-order valence-corrected chi connectivity index (χ3v) is 5.42. The summed E-state index contributed by atoms with van der Waals surface area (Å²) in [6.45, 7) is 4.89. The lowest BCUT2D eigenvalue weighted by molar-refractivity contribution is -0.152. The number of hydrogen-bond acceptors (Lipinski definition) is 6. The summed E-state index contributed by atoms with van der Waals surface area (Å²) in [4.78, 5) is 26.2. The summed E-state index contributed by atoms with van der Waals surface area (Å²) >= 11 is 0. The van der Waals surface area contributed by atoms with E-state index in [1.807, 2.05) is 30.3 Å². The molecule has 1 saturated heterocycles. The Bertz CT molecular complexity index is 679. The molecule has 7 nitrogen and oxygen atoms in total. The van der Waals surface area contributed by atoms with Crippen molar-refractivity contribution in [3.05, 3.63) is 48.2 Å². The molecule has 0 radical (unpaired) electrons. The quantitative estimate of drug-likeness (QED) is 0.253. The van der Waals surface area contributed by atoms with Gasteiger partial charge in [0, 0.05) is 19.0 Å². The van der Waals surface area contributed by atoms with Gasteiger partial charge >= 0.3 is 12.1 Å². The number of piperidine rings is 1. The molecule has 1 aliphatic rings. The Balaban J connectivity index is 1.95. The fourth-order valence-electron chi connectivity index (χ4n) is 3.83. The van der Waals surface area contributed by atoms with Crippen LogP contribution in [0.1, 0.15) is 56.4 Å². The Hall–Kier alpha value is -2.54. The second-order valence-electron chi connectivity index (χ2n) is 7.46. The normalized spacial score (nSPS) is 17.1. The fourth-order valence-corrected chi connectivity index (χ4v) is 3.83. The van der Waals surface area contributed by atoms with Crippen molar-refractivity contribution in [3.8, 4) is 0 Å². The number of esters is 1. The largest absolute Gasteiger partial charge is 0.501 e. The molecule has 0 bridgehead atoms. The topological polar surface area (TPSA) is 91.1 Å². The van der Waals surface area contributed by atoms with Crippen LogP contribution in [-0.4, -0.2) is 50.0 Å². The summed E-state index contributed by atoms with van der Waals surface area (Å²) in [5, 5.41) is 0. The predicted molar refractivity (Wildman–Crippen MR) is 115 cm³/mol. The average molecular weight is 419 g/mol. The van der Waals surface area contributed by atoms with Gasteiger partial charge in [0.25, 0.3) is 0 Å². The number of rotatable bonds is 11. The van der Waals surface area contributed by atoms with Crippen LogP contribution in [0.5, 0.6) is 0 Å². The Morgan fingerprint density at radius 3 is 2.63 bits per heavy atom. The molecule has 0 spiro atoms. The molecule has 2 unspecified atom stereocenters. The lowest BCUT2D eigenvalue weighted by atomic mass is 9.84. The van der Waals surface area contributed by atoms with Crippen LogP contribution >= 0.6 is 0 Å². The molecule has 1 fully saturated rings. The highest BCUT2D eigenvalue weighted by Gasteiger charge is 2.36. The Kier molecular flexibility index (Phi) is 10.2. The number of unbranched alkanes of at least 4 members (excludes halogenated alkanes) is 2. The minimum atomic E-state index is -0.486. The minimum absolute atomic E-state index is 0.131. The lowest BCUT2D eigenvalue weighted by Crippen LogP contribution is -2.47. The van der Waals surface area contributed by atoms with Crippen LogP contribution in [0.4, 0.5) is 4.79 Å². The van der Waals surface area contributed by atoms with Crippen molar-refractivity contribution in [2.24, 2.45) is 5.73 Å². The molecular formula is C23H34N2O5. The van der Waals surface area contributed by atoms with Gasteiger partial charge in [0.05, 0.1) is 18.8 Å². The predicted octanol–water partition coefficient (Wildman–Crippen LogP) is 3.94. The van der Waals surface area contributed by atoms with Crippen molar-refractivity contribution in [3.63, 3.8) is 0 Å².